The maximum absolute atomic E-state index is 13.3. The van der Waals surface area contributed by atoms with Gasteiger partial charge in [-0.15, -0.1) is 0 Å². The second-order valence-electron chi connectivity index (χ2n) is 6.50. The average molecular weight is 406 g/mol. The number of aromatic nitrogens is 1. The Morgan fingerprint density at radius 3 is 2.59 bits per heavy atom. The van der Waals surface area contributed by atoms with Crippen molar-refractivity contribution in [1.29, 1.82) is 0 Å². The molecule has 0 amide bonds. The topological polar surface area (TPSA) is 54.9 Å². The minimum absolute atomic E-state index is 0.184. The quantitative estimate of drug-likeness (QED) is 0.702. The molecular weight excluding hydrogens is 387 g/mol. The number of ketones is 1. The van der Waals surface area contributed by atoms with Gasteiger partial charge in [-0.3, -0.25) is 4.79 Å². The molecular formula is C17H19ClF3N3O3. The number of carbonyl (C=O) groups is 1. The van der Waals surface area contributed by atoms with Crippen molar-refractivity contribution < 1.29 is 27.4 Å². The largest absolute Gasteiger partial charge is 0.454 e. The first-order valence-electron chi connectivity index (χ1n) is 8.20. The van der Waals surface area contributed by atoms with Crippen LogP contribution in [0, 0.1) is 0 Å². The van der Waals surface area contributed by atoms with E-state index in [1.165, 1.54) is 14.2 Å². The van der Waals surface area contributed by atoms with Gasteiger partial charge in [-0.2, -0.15) is 13.2 Å². The third-order valence-corrected chi connectivity index (χ3v) is 5.21. The highest BCUT2D eigenvalue weighted by Crippen LogP contribution is 2.46. The summed E-state index contributed by atoms with van der Waals surface area (Å²) < 4.78 is 50.6. The van der Waals surface area contributed by atoms with Gasteiger partial charge in [0.05, 0.1) is 5.57 Å². The van der Waals surface area contributed by atoms with Crippen molar-refractivity contribution in [2.45, 2.75) is 31.5 Å². The first kappa shape index (κ1) is 19.9. The number of fused-ring (bicyclic) bond motifs is 1. The maximum atomic E-state index is 13.3. The summed E-state index contributed by atoms with van der Waals surface area (Å²) in [5, 5.41) is 0.321. The second kappa shape index (κ2) is 6.96. The summed E-state index contributed by atoms with van der Waals surface area (Å²) in [7, 11) is 2.65. The Hall–Kier alpha value is -1.84. The average Bonchev–Trinajstić information content (AvgIpc) is 3.13. The van der Waals surface area contributed by atoms with Crippen LogP contribution in [0.25, 0.3) is 0 Å². The molecule has 0 aromatic carbocycles. The minimum Gasteiger partial charge on any atom is -0.371 e. The SMILES string of the molecule is COC1C(C(=O)C(F)(F)F)=C2N(Cc3ccc(Cl)nc3)CCN2C1(C)OC. The van der Waals surface area contributed by atoms with Crippen molar-refractivity contribution in [2.24, 2.45) is 0 Å². The lowest BCUT2D eigenvalue weighted by molar-refractivity contribution is -0.174. The van der Waals surface area contributed by atoms with Gasteiger partial charge in [-0.1, -0.05) is 17.7 Å². The highest BCUT2D eigenvalue weighted by Gasteiger charge is 2.60. The molecule has 0 bridgehead atoms. The van der Waals surface area contributed by atoms with E-state index < -0.39 is 29.4 Å². The molecule has 148 valence electrons. The minimum atomic E-state index is -5.01. The molecule has 27 heavy (non-hydrogen) atoms. The van der Waals surface area contributed by atoms with Crippen LogP contribution in [0.15, 0.2) is 29.7 Å². The molecule has 6 nitrogen and oxygen atoms in total. The van der Waals surface area contributed by atoms with Crippen LogP contribution < -0.4 is 0 Å². The molecule has 1 saturated heterocycles. The van der Waals surface area contributed by atoms with Gasteiger partial charge in [0.15, 0.2) is 5.72 Å². The molecule has 0 spiro atoms. The number of alkyl halides is 3. The fourth-order valence-corrected chi connectivity index (χ4v) is 3.79. The first-order valence-corrected chi connectivity index (χ1v) is 8.58. The van der Waals surface area contributed by atoms with Crippen LogP contribution in [0.5, 0.6) is 0 Å². The highest BCUT2D eigenvalue weighted by atomic mass is 35.5. The maximum Gasteiger partial charge on any atom is 0.454 e. The van der Waals surface area contributed by atoms with Gasteiger partial charge in [0.2, 0.25) is 0 Å². The van der Waals surface area contributed by atoms with E-state index in [-0.39, 0.29) is 12.4 Å². The van der Waals surface area contributed by atoms with Crippen molar-refractivity contribution in [3.05, 3.63) is 40.4 Å². The molecule has 3 heterocycles. The Kier molecular flexibility index (Phi) is 5.13. The number of ether oxygens (including phenoxy) is 2. The van der Waals surface area contributed by atoms with E-state index >= 15 is 0 Å². The second-order valence-corrected chi connectivity index (χ2v) is 6.89. The summed E-state index contributed by atoms with van der Waals surface area (Å²) in [5.41, 5.74) is -0.894. The van der Waals surface area contributed by atoms with Crippen LogP contribution in [0.2, 0.25) is 5.15 Å². The predicted octanol–water partition coefficient (Wildman–Crippen LogP) is 2.59. The molecule has 2 aliphatic rings. The van der Waals surface area contributed by atoms with E-state index in [0.29, 0.717) is 18.2 Å². The molecule has 2 atom stereocenters. The van der Waals surface area contributed by atoms with Gasteiger partial charge in [-0.25, -0.2) is 4.98 Å². The summed E-state index contributed by atoms with van der Waals surface area (Å²) in [4.78, 5) is 19.6. The Labute approximate surface area is 159 Å². The van der Waals surface area contributed by atoms with E-state index in [4.69, 9.17) is 21.1 Å². The van der Waals surface area contributed by atoms with Crippen LogP contribution in [0.1, 0.15) is 12.5 Å². The standard InChI is InChI=1S/C17H19ClF3N3O3/c1-16(27-3)14(26-2)12(13(25)17(19,20)21)15-23(6-7-24(15)16)9-10-4-5-11(18)22-8-10/h4-5,8,14H,6-7,9H2,1-3H3. The number of halogens is 4. The van der Waals surface area contributed by atoms with Crippen molar-refractivity contribution in [1.82, 2.24) is 14.8 Å². The zero-order chi connectivity index (χ0) is 20.0. The summed E-state index contributed by atoms with van der Waals surface area (Å²) in [6.07, 6.45) is -4.63. The smallest absolute Gasteiger partial charge is 0.371 e. The number of methoxy groups -OCH3 is 2. The molecule has 0 saturated carbocycles. The molecule has 1 aromatic rings. The Morgan fingerprint density at radius 2 is 2.07 bits per heavy atom. The van der Waals surface area contributed by atoms with Gasteiger partial charge in [0.25, 0.3) is 5.78 Å². The van der Waals surface area contributed by atoms with Gasteiger partial charge in [-0.05, 0) is 18.6 Å². The lowest BCUT2D eigenvalue weighted by Gasteiger charge is -2.37. The molecule has 0 aliphatic carbocycles. The van der Waals surface area contributed by atoms with E-state index in [2.05, 4.69) is 4.98 Å². The lowest BCUT2D eigenvalue weighted by atomic mass is 9.99. The van der Waals surface area contributed by atoms with Crippen molar-refractivity contribution in [3.63, 3.8) is 0 Å². The molecule has 0 N–H and O–H groups in total. The van der Waals surface area contributed by atoms with Crippen molar-refractivity contribution in [3.8, 4) is 0 Å². The van der Waals surface area contributed by atoms with Crippen LogP contribution in [-0.4, -0.2) is 65.9 Å². The van der Waals surface area contributed by atoms with Gasteiger partial charge >= 0.3 is 6.18 Å². The Morgan fingerprint density at radius 1 is 1.37 bits per heavy atom. The van der Waals surface area contributed by atoms with Crippen LogP contribution in [-0.2, 0) is 20.8 Å². The van der Waals surface area contributed by atoms with E-state index in [0.717, 1.165) is 5.56 Å². The fraction of sp³-hybridized carbons (Fsp3) is 0.529. The molecule has 2 unspecified atom stereocenters. The molecule has 0 radical (unpaired) electrons. The number of pyridine rings is 1. The van der Waals surface area contributed by atoms with Gasteiger partial charge in [0.1, 0.15) is 17.1 Å². The van der Waals surface area contributed by atoms with E-state index in [9.17, 15) is 18.0 Å². The van der Waals surface area contributed by atoms with E-state index in [1.807, 2.05) is 0 Å². The molecule has 3 rings (SSSR count). The van der Waals surface area contributed by atoms with E-state index in [1.54, 1.807) is 35.1 Å². The lowest BCUT2D eigenvalue weighted by Crippen LogP contribution is -2.51. The highest BCUT2D eigenvalue weighted by molar-refractivity contribution is 6.29. The zero-order valence-electron chi connectivity index (χ0n) is 15.0. The molecule has 1 aromatic heterocycles. The van der Waals surface area contributed by atoms with Crippen molar-refractivity contribution in [2.75, 3.05) is 27.3 Å². The molecule has 1 fully saturated rings. The number of carbonyl (C=O) groups excluding carboxylic acids is 1. The molecule has 2 aliphatic heterocycles. The normalized spacial score (nSPS) is 25.4. The third-order valence-electron chi connectivity index (χ3n) is 4.99. The summed E-state index contributed by atoms with van der Waals surface area (Å²) >= 11 is 5.78. The predicted molar refractivity (Wildman–Crippen MR) is 90.7 cm³/mol. The van der Waals surface area contributed by atoms with Gasteiger partial charge < -0.3 is 19.3 Å². The summed E-state index contributed by atoms with van der Waals surface area (Å²) in [5.74, 6) is -1.74. The number of hydrogen-bond acceptors (Lipinski definition) is 6. The first-order chi connectivity index (χ1) is 12.6. The summed E-state index contributed by atoms with van der Waals surface area (Å²) in [6.45, 7) is 2.73. The molecule has 10 heteroatoms. The summed E-state index contributed by atoms with van der Waals surface area (Å²) in [6, 6.07) is 3.34. The monoisotopic (exact) mass is 405 g/mol. The Balaban J connectivity index is 2.05. The van der Waals surface area contributed by atoms with Crippen LogP contribution in [0.4, 0.5) is 13.2 Å². The number of hydrogen-bond donors (Lipinski definition) is 0. The number of rotatable bonds is 5. The fourth-order valence-electron chi connectivity index (χ4n) is 3.68. The third kappa shape index (κ3) is 3.28. The van der Waals surface area contributed by atoms with Gasteiger partial charge in [0, 0.05) is 40.1 Å². The number of nitrogens with zero attached hydrogens (tertiary/aromatic N) is 3. The van der Waals surface area contributed by atoms with Crippen LogP contribution >= 0.6 is 11.6 Å². The van der Waals surface area contributed by atoms with Crippen LogP contribution in [0.3, 0.4) is 0 Å². The van der Waals surface area contributed by atoms with Crippen molar-refractivity contribution >= 4 is 17.4 Å². The Bertz CT molecular complexity index is 769. The zero-order valence-corrected chi connectivity index (χ0v) is 15.8. The number of Topliss-reactive ketones (excluding diaryl/α,β-unsaturated/α-hetero) is 1.